The summed E-state index contributed by atoms with van der Waals surface area (Å²) in [4.78, 5) is 18.6. The fourth-order valence-corrected chi connectivity index (χ4v) is 0.246. The van der Waals surface area contributed by atoms with E-state index in [0.717, 1.165) is 6.42 Å². The highest BCUT2D eigenvalue weighted by Gasteiger charge is 1.84. The molecule has 0 aromatic carbocycles. The molecule has 0 aromatic heterocycles. The summed E-state index contributed by atoms with van der Waals surface area (Å²) < 4.78 is 8.81. The Bertz CT molecular complexity index is 113. The van der Waals surface area contributed by atoms with Crippen molar-refractivity contribution in [2.24, 2.45) is 11.2 Å². The van der Waals surface area contributed by atoms with E-state index in [-0.39, 0.29) is 5.91 Å². The molecule has 60 valence electrons. The molecule has 0 saturated carbocycles. The van der Waals surface area contributed by atoms with E-state index < -0.39 is 8.18 Å². The maximum absolute atomic E-state index is 9.82. The molecular weight excluding hydrogens is 155 g/mol. The zero-order valence-corrected chi connectivity index (χ0v) is 6.64. The van der Waals surface area contributed by atoms with E-state index in [0.29, 0.717) is 6.42 Å². The van der Waals surface area contributed by atoms with E-state index in [1.54, 1.807) is 0 Å². The average Bonchev–Trinajstić information content (AvgIpc) is 1.62. The third-order valence-corrected chi connectivity index (χ3v) is 0.496. The highest BCUT2D eigenvalue weighted by atomic mass is 31.1. The van der Waals surface area contributed by atoms with Crippen molar-refractivity contribution in [3.63, 3.8) is 0 Å². The van der Waals surface area contributed by atoms with Crippen molar-refractivity contribution >= 4 is 14.1 Å². The summed E-state index contributed by atoms with van der Waals surface area (Å²) in [6.45, 7) is 1.92. The fourth-order valence-electron chi connectivity index (χ4n) is 0.246. The second-order valence-corrected chi connectivity index (χ2v) is 2.07. The largest absolute Gasteiger partial charge is 0.578 e. The molecule has 5 nitrogen and oxygen atoms in total. The zero-order valence-electron chi connectivity index (χ0n) is 5.74. The topological polar surface area (TPSA) is 109 Å². The van der Waals surface area contributed by atoms with Crippen LogP contribution in [0.25, 0.3) is 0 Å². The molecule has 1 unspecified atom stereocenters. The smallest absolute Gasteiger partial charge is 0.405 e. The molecule has 0 heterocycles. The van der Waals surface area contributed by atoms with E-state index in [1.165, 1.54) is 0 Å². The van der Waals surface area contributed by atoms with Crippen molar-refractivity contribution in [3.8, 4) is 0 Å². The second kappa shape index (κ2) is 8.49. The van der Waals surface area contributed by atoms with E-state index in [9.17, 15) is 4.79 Å². The van der Waals surface area contributed by atoms with Crippen LogP contribution in [-0.4, -0.2) is 5.91 Å². The molecule has 0 saturated heterocycles. The van der Waals surface area contributed by atoms with Gasteiger partial charge in [-0.15, -0.1) is 5.50 Å². The van der Waals surface area contributed by atoms with Crippen LogP contribution in [-0.2, 0) is 9.36 Å². The summed E-state index contributed by atoms with van der Waals surface area (Å²) in [5.41, 5.74) is 8.83. The van der Waals surface area contributed by atoms with Crippen LogP contribution in [0.2, 0.25) is 0 Å². The average molecular weight is 166 g/mol. The number of amides is 1. The molecule has 4 N–H and O–H groups in total. The minimum Gasteiger partial charge on any atom is -0.578 e. The van der Waals surface area contributed by atoms with Gasteiger partial charge in [0.1, 0.15) is 0 Å². The number of carbonyl (C=O) groups is 1. The standard InChI is InChI=1S/C4H9NO.H2NO2P/c1-2-3-4(5)6;1-4(2)3/h2-3H2,1H3,(H2,5,6);(H2,1,2,3). The minimum atomic E-state index is -2.62. The molecule has 0 rings (SSSR count). The van der Waals surface area contributed by atoms with E-state index in [2.05, 4.69) is 5.50 Å². The molecule has 0 aliphatic heterocycles. The SMILES string of the molecule is CCCC(N)=O.N[P+](=O)[O-]. The van der Waals surface area contributed by atoms with Crippen molar-refractivity contribution in [2.45, 2.75) is 19.8 Å². The van der Waals surface area contributed by atoms with Gasteiger partial charge in [0.2, 0.25) is 5.91 Å². The summed E-state index contributed by atoms with van der Waals surface area (Å²) in [6.07, 6.45) is 1.37. The Morgan fingerprint density at radius 1 is 1.70 bits per heavy atom. The first kappa shape index (κ1) is 12.2. The van der Waals surface area contributed by atoms with Crippen molar-refractivity contribution in [3.05, 3.63) is 0 Å². The van der Waals surface area contributed by atoms with Crippen LogP contribution in [0, 0.1) is 0 Å². The van der Waals surface area contributed by atoms with Gasteiger partial charge in [0.25, 0.3) is 0 Å². The normalized spacial score (nSPS) is 9.30. The Labute approximate surface area is 60.3 Å². The van der Waals surface area contributed by atoms with Crippen LogP contribution in [0.4, 0.5) is 0 Å². The van der Waals surface area contributed by atoms with Crippen LogP contribution in [0.3, 0.4) is 0 Å². The lowest BCUT2D eigenvalue weighted by atomic mass is 10.3. The van der Waals surface area contributed by atoms with E-state index in [1.807, 2.05) is 6.92 Å². The Hall–Kier alpha value is -0.510. The molecule has 0 fully saturated rings. The van der Waals surface area contributed by atoms with Gasteiger partial charge in [0.15, 0.2) is 0 Å². The van der Waals surface area contributed by atoms with Crippen molar-refractivity contribution in [1.82, 2.24) is 0 Å². The van der Waals surface area contributed by atoms with Crippen molar-refractivity contribution in [2.75, 3.05) is 0 Å². The number of hydrogen-bond acceptors (Lipinski definition) is 3. The lowest BCUT2D eigenvalue weighted by Gasteiger charge is -1.81. The van der Waals surface area contributed by atoms with Gasteiger partial charge >= 0.3 is 8.18 Å². The molecule has 0 spiro atoms. The lowest BCUT2D eigenvalue weighted by Crippen LogP contribution is -2.08. The number of rotatable bonds is 2. The van der Waals surface area contributed by atoms with Gasteiger partial charge in [0.05, 0.1) is 0 Å². The third-order valence-electron chi connectivity index (χ3n) is 0.496. The highest BCUT2D eigenvalue weighted by molar-refractivity contribution is 7.33. The summed E-state index contributed by atoms with van der Waals surface area (Å²) in [7, 11) is -2.62. The second-order valence-electron chi connectivity index (χ2n) is 1.50. The fraction of sp³-hybridized carbons (Fsp3) is 0.750. The van der Waals surface area contributed by atoms with Crippen LogP contribution in [0.15, 0.2) is 0 Å². The first-order chi connectivity index (χ1) is 4.50. The van der Waals surface area contributed by atoms with Crippen molar-refractivity contribution in [1.29, 1.82) is 0 Å². The number of hydrogen-bond donors (Lipinski definition) is 2. The summed E-state index contributed by atoms with van der Waals surface area (Å²) in [6, 6.07) is 0. The number of nitrogens with two attached hydrogens (primary N) is 2. The monoisotopic (exact) mass is 166 g/mol. The van der Waals surface area contributed by atoms with Gasteiger partial charge in [-0.05, 0) is 6.42 Å². The van der Waals surface area contributed by atoms with Crippen LogP contribution >= 0.6 is 8.18 Å². The molecule has 0 radical (unpaired) electrons. The van der Waals surface area contributed by atoms with Gasteiger partial charge < -0.3 is 10.6 Å². The van der Waals surface area contributed by atoms with Gasteiger partial charge in [-0.2, -0.15) is 0 Å². The first-order valence-electron chi connectivity index (χ1n) is 2.68. The summed E-state index contributed by atoms with van der Waals surface area (Å²) in [5.74, 6) is -0.211. The predicted molar refractivity (Wildman–Crippen MR) is 35.9 cm³/mol. The Balaban J connectivity index is 0. The molecule has 6 heteroatoms. The van der Waals surface area contributed by atoms with Gasteiger partial charge in [-0.25, -0.2) is 0 Å². The summed E-state index contributed by atoms with van der Waals surface area (Å²) >= 11 is 0. The first-order valence-corrected chi connectivity index (χ1v) is 3.92. The molecule has 0 aliphatic carbocycles. The quantitative estimate of drug-likeness (QED) is 0.525. The lowest BCUT2D eigenvalue weighted by molar-refractivity contribution is -0.164. The minimum absolute atomic E-state index is 0.211. The molecule has 1 atom stereocenters. The molecule has 1 amide bonds. The van der Waals surface area contributed by atoms with Crippen LogP contribution < -0.4 is 16.1 Å². The Kier molecular flexibility index (Phi) is 10.4. The van der Waals surface area contributed by atoms with Crippen molar-refractivity contribution < 1.29 is 14.3 Å². The molecule has 10 heavy (non-hydrogen) atoms. The maximum Gasteiger partial charge on any atom is 0.405 e. The van der Waals surface area contributed by atoms with E-state index in [4.69, 9.17) is 15.2 Å². The number of carbonyl (C=O) groups excluding carboxylic acids is 1. The molecule has 0 bridgehead atoms. The predicted octanol–water partition coefficient (Wildman–Crippen LogP) is -0.765. The zero-order chi connectivity index (χ0) is 8.57. The molecule has 0 aliphatic rings. The highest BCUT2D eigenvalue weighted by Crippen LogP contribution is 1.81. The Morgan fingerprint density at radius 3 is 2.00 bits per heavy atom. The maximum atomic E-state index is 9.82. The van der Waals surface area contributed by atoms with E-state index >= 15 is 0 Å². The van der Waals surface area contributed by atoms with Gasteiger partial charge in [0, 0.05) is 6.42 Å². The molecular formula is C4H11N2O3P. The number of primary amides is 1. The molecule has 0 aromatic rings. The third kappa shape index (κ3) is 50.9. The van der Waals surface area contributed by atoms with Gasteiger partial charge in [-0.1, -0.05) is 11.5 Å². The Morgan fingerprint density at radius 2 is 2.00 bits per heavy atom. The van der Waals surface area contributed by atoms with Crippen LogP contribution in [0.1, 0.15) is 19.8 Å². The van der Waals surface area contributed by atoms with Crippen LogP contribution in [0.5, 0.6) is 0 Å². The summed E-state index contributed by atoms with van der Waals surface area (Å²) in [5, 5.41) is 0. The van der Waals surface area contributed by atoms with Gasteiger partial charge in [-0.3, -0.25) is 4.79 Å².